The van der Waals surface area contributed by atoms with Crippen LogP contribution in [-0.4, -0.2) is 39.3 Å². The first-order chi connectivity index (χ1) is 13.7. The number of hydrogen-bond acceptors (Lipinski definition) is 5. The van der Waals surface area contributed by atoms with Crippen molar-refractivity contribution < 1.29 is 14.6 Å². The number of piperidine rings is 1. The molecule has 1 aliphatic heterocycles. The highest BCUT2D eigenvalue weighted by Gasteiger charge is 2.25. The lowest BCUT2D eigenvalue weighted by Crippen LogP contribution is -2.38. The van der Waals surface area contributed by atoms with Gasteiger partial charge in [-0.1, -0.05) is 12.1 Å². The number of ether oxygens (including phenoxy) is 1. The number of nitrogens with one attached hydrogen (secondary N) is 1. The van der Waals surface area contributed by atoms with Crippen molar-refractivity contribution in [2.24, 2.45) is 5.92 Å². The number of aromatic amines is 1. The molecule has 1 atom stereocenters. The summed E-state index contributed by atoms with van der Waals surface area (Å²) in [6.45, 7) is 1.86. The van der Waals surface area contributed by atoms with Crippen molar-refractivity contribution in [2.75, 3.05) is 18.0 Å². The Bertz CT molecular complexity index is 925. The predicted octanol–water partition coefficient (Wildman–Crippen LogP) is 3.35. The number of rotatable bonds is 6. The average molecular weight is 378 g/mol. The van der Waals surface area contributed by atoms with E-state index in [-0.39, 0.29) is 5.92 Å². The summed E-state index contributed by atoms with van der Waals surface area (Å²) in [7, 11) is 0. The largest absolute Gasteiger partial charge is 0.487 e. The molecule has 1 aliphatic rings. The highest BCUT2D eigenvalue weighted by molar-refractivity contribution is 5.71. The maximum Gasteiger partial charge on any atom is 0.308 e. The topological polar surface area (TPSA) is 91.3 Å². The van der Waals surface area contributed by atoms with Crippen LogP contribution in [0, 0.1) is 5.92 Å². The third kappa shape index (κ3) is 4.14. The van der Waals surface area contributed by atoms with E-state index in [9.17, 15) is 9.90 Å². The summed E-state index contributed by atoms with van der Waals surface area (Å²) in [6, 6.07) is 13.7. The number of carboxylic acids is 1. The molecule has 0 bridgehead atoms. The van der Waals surface area contributed by atoms with E-state index in [4.69, 9.17) is 4.74 Å². The second-order valence-corrected chi connectivity index (χ2v) is 6.93. The minimum atomic E-state index is -0.713. The fourth-order valence-electron chi connectivity index (χ4n) is 3.45. The number of aromatic nitrogens is 3. The first-order valence-corrected chi connectivity index (χ1v) is 9.34. The molecule has 7 heteroatoms. The normalized spacial score (nSPS) is 16.7. The van der Waals surface area contributed by atoms with Gasteiger partial charge in [-0.3, -0.25) is 14.9 Å². The van der Waals surface area contributed by atoms with Gasteiger partial charge in [-0.25, -0.2) is 0 Å². The highest BCUT2D eigenvalue weighted by atomic mass is 16.5. The van der Waals surface area contributed by atoms with Crippen LogP contribution >= 0.6 is 0 Å². The molecule has 1 aromatic carbocycles. The van der Waals surface area contributed by atoms with Crippen molar-refractivity contribution >= 4 is 11.7 Å². The number of anilines is 1. The summed E-state index contributed by atoms with van der Waals surface area (Å²) < 4.78 is 5.87. The smallest absolute Gasteiger partial charge is 0.308 e. The number of carboxylic acid groups (broad SMARTS) is 1. The van der Waals surface area contributed by atoms with Crippen LogP contribution in [0.2, 0.25) is 0 Å². The van der Waals surface area contributed by atoms with E-state index in [0.29, 0.717) is 18.9 Å². The second kappa shape index (κ2) is 8.12. The van der Waals surface area contributed by atoms with E-state index in [1.165, 1.54) is 0 Å². The summed E-state index contributed by atoms with van der Waals surface area (Å²) in [4.78, 5) is 17.8. The van der Waals surface area contributed by atoms with Crippen molar-refractivity contribution in [1.29, 1.82) is 0 Å². The van der Waals surface area contributed by atoms with Crippen molar-refractivity contribution in [2.45, 2.75) is 19.4 Å². The van der Waals surface area contributed by atoms with Gasteiger partial charge in [0.1, 0.15) is 12.4 Å². The molecule has 7 nitrogen and oxygen atoms in total. The Kier molecular flexibility index (Phi) is 5.23. The molecule has 4 rings (SSSR count). The van der Waals surface area contributed by atoms with Crippen LogP contribution in [0.1, 0.15) is 18.4 Å². The molecule has 2 N–H and O–H groups in total. The van der Waals surface area contributed by atoms with Crippen LogP contribution in [-0.2, 0) is 11.4 Å². The van der Waals surface area contributed by atoms with E-state index in [1.807, 2.05) is 36.4 Å². The van der Waals surface area contributed by atoms with Gasteiger partial charge in [-0.2, -0.15) is 5.10 Å². The molecule has 3 heterocycles. The molecule has 0 radical (unpaired) electrons. The second-order valence-electron chi connectivity index (χ2n) is 6.93. The molecule has 0 saturated carbocycles. The van der Waals surface area contributed by atoms with Gasteiger partial charge in [0.25, 0.3) is 0 Å². The van der Waals surface area contributed by atoms with E-state index < -0.39 is 5.97 Å². The zero-order valence-corrected chi connectivity index (χ0v) is 15.4. The quantitative estimate of drug-likeness (QED) is 0.683. The van der Waals surface area contributed by atoms with Crippen LogP contribution < -0.4 is 9.64 Å². The number of nitrogens with zero attached hydrogens (tertiary/aromatic N) is 3. The molecule has 0 amide bonds. The fourth-order valence-corrected chi connectivity index (χ4v) is 3.45. The molecule has 1 unspecified atom stereocenters. The SMILES string of the molecule is O=C(O)C1CCCN(c2cccc(COc3ccc(-c4ccn[nH]4)nc3)c2)C1. The molecular weight excluding hydrogens is 356 g/mol. The summed E-state index contributed by atoms with van der Waals surface area (Å²) in [5.41, 5.74) is 3.75. The van der Waals surface area contributed by atoms with E-state index in [1.54, 1.807) is 12.4 Å². The number of aliphatic carboxylic acids is 1. The van der Waals surface area contributed by atoms with Gasteiger partial charge >= 0.3 is 5.97 Å². The lowest BCUT2D eigenvalue weighted by atomic mass is 9.97. The lowest BCUT2D eigenvalue weighted by Gasteiger charge is -2.32. The van der Waals surface area contributed by atoms with Crippen LogP contribution in [0.3, 0.4) is 0 Å². The summed E-state index contributed by atoms with van der Waals surface area (Å²) in [5.74, 6) is -0.319. The van der Waals surface area contributed by atoms with Crippen LogP contribution in [0.15, 0.2) is 54.9 Å². The van der Waals surface area contributed by atoms with Gasteiger partial charge in [0.2, 0.25) is 0 Å². The Morgan fingerprint density at radius 2 is 2.21 bits per heavy atom. The molecular formula is C21H22N4O3. The van der Waals surface area contributed by atoms with Crippen molar-refractivity contribution in [3.63, 3.8) is 0 Å². The van der Waals surface area contributed by atoms with Crippen LogP contribution in [0.4, 0.5) is 5.69 Å². The Balaban J connectivity index is 1.39. The monoisotopic (exact) mass is 378 g/mol. The zero-order valence-electron chi connectivity index (χ0n) is 15.4. The van der Waals surface area contributed by atoms with Crippen molar-refractivity contribution in [3.05, 3.63) is 60.4 Å². The maximum atomic E-state index is 11.3. The minimum Gasteiger partial charge on any atom is -0.487 e. The lowest BCUT2D eigenvalue weighted by molar-refractivity contribution is -0.141. The Morgan fingerprint density at radius 1 is 1.29 bits per heavy atom. The predicted molar refractivity (Wildman–Crippen MR) is 105 cm³/mol. The third-order valence-corrected chi connectivity index (χ3v) is 4.96. The molecule has 1 saturated heterocycles. The van der Waals surface area contributed by atoms with E-state index in [2.05, 4.69) is 26.1 Å². The molecule has 0 aliphatic carbocycles. The highest BCUT2D eigenvalue weighted by Crippen LogP contribution is 2.25. The minimum absolute atomic E-state index is 0.298. The average Bonchev–Trinajstić information content (AvgIpc) is 3.28. The molecule has 144 valence electrons. The van der Waals surface area contributed by atoms with Crippen molar-refractivity contribution in [3.8, 4) is 17.1 Å². The van der Waals surface area contributed by atoms with Gasteiger partial charge in [0.05, 0.1) is 23.5 Å². The number of hydrogen-bond donors (Lipinski definition) is 2. The van der Waals surface area contributed by atoms with Gasteiger partial charge < -0.3 is 14.7 Å². The van der Waals surface area contributed by atoms with E-state index in [0.717, 1.165) is 42.0 Å². The molecule has 28 heavy (non-hydrogen) atoms. The van der Waals surface area contributed by atoms with Crippen molar-refractivity contribution in [1.82, 2.24) is 15.2 Å². The summed E-state index contributed by atoms with van der Waals surface area (Å²) >= 11 is 0. The third-order valence-electron chi connectivity index (χ3n) is 4.96. The zero-order chi connectivity index (χ0) is 19.3. The number of benzene rings is 1. The number of pyridine rings is 1. The molecule has 3 aromatic rings. The number of carbonyl (C=O) groups is 1. The molecule has 1 fully saturated rings. The first kappa shape index (κ1) is 18.0. The fraction of sp³-hybridized carbons (Fsp3) is 0.286. The van der Waals surface area contributed by atoms with Gasteiger partial charge in [-0.15, -0.1) is 0 Å². The van der Waals surface area contributed by atoms with Gasteiger partial charge in [0.15, 0.2) is 0 Å². The molecule has 2 aromatic heterocycles. The summed E-state index contributed by atoms with van der Waals surface area (Å²) in [5, 5.41) is 16.1. The van der Waals surface area contributed by atoms with Crippen LogP contribution in [0.5, 0.6) is 5.75 Å². The van der Waals surface area contributed by atoms with Gasteiger partial charge in [0, 0.05) is 25.0 Å². The summed E-state index contributed by atoms with van der Waals surface area (Å²) in [6.07, 6.45) is 5.03. The van der Waals surface area contributed by atoms with E-state index >= 15 is 0 Å². The van der Waals surface area contributed by atoms with Crippen LogP contribution in [0.25, 0.3) is 11.4 Å². The van der Waals surface area contributed by atoms with Gasteiger partial charge in [-0.05, 0) is 48.7 Å². The Hall–Kier alpha value is -3.35. The Labute approximate surface area is 163 Å². The number of H-pyrrole nitrogens is 1. The molecule has 0 spiro atoms. The Morgan fingerprint density at radius 3 is 2.96 bits per heavy atom. The standard InChI is InChI=1S/C21H22N4O3/c26-21(27)16-4-2-10-25(13-16)17-5-1-3-15(11-17)14-28-18-6-7-19(22-12-18)20-8-9-23-24-20/h1,3,5-9,11-12,16H,2,4,10,13-14H2,(H,23,24)(H,26,27). The maximum absolute atomic E-state index is 11.3. The first-order valence-electron chi connectivity index (χ1n) is 9.34.